The highest BCUT2D eigenvalue weighted by atomic mass is 16.5. The molecular formula is C13H28N2O. The summed E-state index contributed by atoms with van der Waals surface area (Å²) in [5.74, 6) is 0.646. The van der Waals surface area contributed by atoms with E-state index in [1.807, 2.05) is 0 Å². The van der Waals surface area contributed by atoms with Crippen LogP contribution in [0.15, 0.2) is 0 Å². The zero-order chi connectivity index (χ0) is 12.0. The van der Waals surface area contributed by atoms with Crippen molar-refractivity contribution in [2.75, 3.05) is 33.4 Å². The van der Waals surface area contributed by atoms with Gasteiger partial charge in [0, 0.05) is 31.2 Å². The molecule has 1 N–H and O–H groups in total. The smallest absolute Gasteiger partial charge is 0.0521 e. The highest BCUT2D eigenvalue weighted by Crippen LogP contribution is 2.16. The maximum absolute atomic E-state index is 5.61. The first-order valence-corrected chi connectivity index (χ1v) is 6.66. The number of hydrogen-bond donors (Lipinski definition) is 1. The molecule has 0 bridgehead atoms. The number of hydrogen-bond acceptors (Lipinski definition) is 3. The lowest BCUT2D eigenvalue weighted by molar-refractivity contribution is 0.0164. The summed E-state index contributed by atoms with van der Waals surface area (Å²) in [6.45, 7) is 10.8. The number of nitrogens with zero attached hydrogens (tertiary/aromatic N) is 1. The fraction of sp³-hybridized carbons (Fsp3) is 1.00. The van der Waals surface area contributed by atoms with Crippen LogP contribution in [0, 0.1) is 5.92 Å². The third kappa shape index (κ3) is 4.40. The summed E-state index contributed by atoms with van der Waals surface area (Å²) in [4.78, 5) is 2.42. The highest BCUT2D eigenvalue weighted by molar-refractivity contribution is 4.82. The van der Waals surface area contributed by atoms with Crippen molar-refractivity contribution in [3.05, 3.63) is 0 Å². The van der Waals surface area contributed by atoms with Gasteiger partial charge in [-0.25, -0.2) is 0 Å². The first-order valence-electron chi connectivity index (χ1n) is 6.66. The summed E-state index contributed by atoms with van der Waals surface area (Å²) < 4.78 is 5.61. The first kappa shape index (κ1) is 13.9. The minimum atomic E-state index is 0.619. The molecule has 0 amide bonds. The fourth-order valence-corrected chi connectivity index (χ4v) is 2.16. The molecule has 0 saturated carbocycles. The molecule has 2 atom stereocenters. The van der Waals surface area contributed by atoms with Crippen molar-refractivity contribution in [1.29, 1.82) is 0 Å². The van der Waals surface area contributed by atoms with Crippen LogP contribution in [-0.4, -0.2) is 50.3 Å². The van der Waals surface area contributed by atoms with Crippen molar-refractivity contribution in [2.24, 2.45) is 5.92 Å². The van der Waals surface area contributed by atoms with Crippen LogP contribution in [0.4, 0.5) is 0 Å². The molecule has 2 unspecified atom stereocenters. The second kappa shape index (κ2) is 7.25. The van der Waals surface area contributed by atoms with Gasteiger partial charge in [-0.05, 0) is 40.3 Å². The van der Waals surface area contributed by atoms with Gasteiger partial charge in [0.2, 0.25) is 0 Å². The van der Waals surface area contributed by atoms with E-state index >= 15 is 0 Å². The number of ether oxygens (including phenoxy) is 1. The number of nitrogens with one attached hydrogen (secondary N) is 1. The Balaban J connectivity index is 2.40. The van der Waals surface area contributed by atoms with Gasteiger partial charge in [-0.2, -0.15) is 0 Å². The Morgan fingerprint density at radius 2 is 2.19 bits per heavy atom. The maximum Gasteiger partial charge on any atom is 0.0521 e. The molecule has 0 aromatic rings. The largest absolute Gasteiger partial charge is 0.381 e. The van der Waals surface area contributed by atoms with Crippen molar-refractivity contribution in [3.63, 3.8) is 0 Å². The monoisotopic (exact) mass is 228 g/mol. The minimum absolute atomic E-state index is 0.619. The zero-order valence-electron chi connectivity index (χ0n) is 11.3. The molecule has 1 rings (SSSR count). The Morgan fingerprint density at radius 1 is 1.44 bits per heavy atom. The molecule has 0 radical (unpaired) electrons. The van der Waals surface area contributed by atoms with E-state index in [1.165, 1.54) is 6.42 Å². The van der Waals surface area contributed by atoms with E-state index in [1.54, 1.807) is 0 Å². The van der Waals surface area contributed by atoms with E-state index < -0.39 is 0 Å². The maximum atomic E-state index is 5.61. The molecule has 0 spiro atoms. The van der Waals surface area contributed by atoms with Gasteiger partial charge in [-0.1, -0.05) is 6.92 Å². The van der Waals surface area contributed by atoms with E-state index in [0.717, 1.165) is 32.7 Å². The van der Waals surface area contributed by atoms with Crippen molar-refractivity contribution in [1.82, 2.24) is 10.2 Å². The molecule has 0 aromatic carbocycles. The molecule has 3 nitrogen and oxygen atoms in total. The number of rotatable bonds is 6. The Labute approximate surface area is 101 Å². The summed E-state index contributed by atoms with van der Waals surface area (Å²) >= 11 is 0. The lowest BCUT2D eigenvalue weighted by atomic mass is 9.94. The van der Waals surface area contributed by atoms with Gasteiger partial charge in [0.05, 0.1) is 6.61 Å². The molecule has 3 heteroatoms. The topological polar surface area (TPSA) is 24.5 Å². The molecule has 1 aliphatic rings. The van der Waals surface area contributed by atoms with Crippen LogP contribution < -0.4 is 5.32 Å². The third-order valence-electron chi connectivity index (χ3n) is 3.53. The van der Waals surface area contributed by atoms with Gasteiger partial charge in [0.25, 0.3) is 0 Å². The Morgan fingerprint density at radius 3 is 2.81 bits per heavy atom. The summed E-state index contributed by atoms with van der Waals surface area (Å²) in [6.07, 6.45) is 2.38. The van der Waals surface area contributed by atoms with E-state index in [0.29, 0.717) is 18.0 Å². The highest BCUT2D eigenvalue weighted by Gasteiger charge is 2.26. The average molecular weight is 228 g/mol. The molecule has 96 valence electrons. The van der Waals surface area contributed by atoms with Crippen LogP contribution in [-0.2, 0) is 4.74 Å². The van der Waals surface area contributed by atoms with Gasteiger partial charge in [-0.15, -0.1) is 0 Å². The van der Waals surface area contributed by atoms with Crippen LogP contribution in [0.3, 0.4) is 0 Å². The zero-order valence-corrected chi connectivity index (χ0v) is 11.3. The van der Waals surface area contributed by atoms with Crippen molar-refractivity contribution in [2.45, 2.75) is 45.7 Å². The van der Waals surface area contributed by atoms with Crippen LogP contribution in [0.2, 0.25) is 0 Å². The predicted octanol–water partition coefficient (Wildman–Crippen LogP) is 1.73. The minimum Gasteiger partial charge on any atom is -0.381 e. The first-order chi connectivity index (χ1) is 7.65. The van der Waals surface area contributed by atoms with E-state index in [9.17, 15) is 0 Å². The quantitative estimate of drug-likeness (QED) is 0.749. The second-order valence-corrected chi connectivity index (χ2v) is 5.22. The normalized spacial score (nSPS) is 26.6. The van der Waals surface area contributed by atoms with Crippen LogP contribution in [0.5, 0.6) is 0 Å². The fourth-order valence-electron chi connectivity index (χ4n) is 2.16. The van der Waals surface area contributed by atoms with Crippen LogP contribution in [0.1, 0.15) is 33.6 Å². The predicted molar refractivity (Wildman–Crippen MR) is 68.8 cm³/mol. The molecule has 16 heavy (non-hydrogen) atoms. The average Bonchev–Trinajstić information content (AvgIpc) is 2.27. The van der Waals surface area contributed by atoms with E-state index in [-0.39, 0.29) is 0 Å². The van der Waals surface area contributed by atoms with Crippen LogP contribution >= 0.6 is 0 Å². The lowest BCUT2D eigenvalue weighted by Crippen LogP contribution is -2.48. The lowest BCUT2D eigenvalue weighted by Gasteiger charge is -2.36. The van der Waals surface area contributed by atoms with E-state index in [4.69, 9.17) is 4.74 Å². The molecule has 1 saturated heterocycles. The van der Waals surface area contributed by atoms with Crippen LogP contribution in [0.25, 0.3) is 0 Å². The third-order valence-corrected chi connectivity index (χ3v) is 3.53. The van der Waals surface area contributed by atoms with Crippen molar-refractivity contribution < 1.29 is 4.74 Å². The van der Waals surface area contributed by atoms with Gasteiger partial charge in [-0.3, -0.25) is 0 Å². The summed E-state index contributed by atoms with van der Waals surface area (Å²) in [5, 5.41) is 3.66. The standard InChI is InChI=1S/C13H28N2O/c1-5-7-14-13-6-8-16-10-12(13)9-15(4)11(2)3/h11-14H,5-10H2,1-4H3. The Bertz CT molecular complexity index is 185. The molecule has 1 heterocycles. The Kier molecular flexibility index (Phi) is 6.32. The van der Waals surface area contributed by atoms with E-state index in [2.05, 4.69) is 38.0 Å². The van der Waals surface area contributed by atoms with Gasteiger partial charge in [0.1, 0.15) is 0 Å². The summed E-state index contributed by atoms with van der Waals surface area (Å²) in [6, 6.07) is 1.27. The Hall–Kier alpha value is -0.120. The van der Waals surface area contributed by atoms with Crippen molar-refractivity contribution >= 4 is 0 Å². The molecule has 1 aliphatic heterocycles. The SMILES string of the molecule is CCCNC1CCOCC1CN(C)C(C)C. The van der Waals surface area contributed by atoms with Gasteiger partial charge in [0.15, 0.2) is 0 Å². The molecule has 1 fully saturated rings. The van der Waals surface area contributed by atoms with Gasteiger partial charge >= 0.3 is 0 Å². The van der Waals surface area contributed by atoms with Gasteiger partial charge < -0.3 is 15.0 Å². The molecular weight excluding hydrogens is 200 g/mol. The second-order valence-electron chi connectivity index (χ2n) is 5.22. The molecule has 0 aromatic heterocycles. The summed E-state index contributed by atoms with van der Waals surface area (Å²) in [7, 11) is 2.20. The van der Waals surface area contributed by atoms with Crippen molar-refractivity contribution in [3.8, 4) is 0 Å². The summed E-state index contributed by atoms with van der Waals surface area (Å²) in [5.41, 5.74) is 0. The molecule has 0 aliphatic carbocycles.